The predicted molar refractivity (Wildman–Crippen MR) is 120 cm³/mol. The third-order valence-electron chi connectivity index (χ3n) is 5.03. The van der Waals surface area contributed by atoms with Gasteiger partial charge in [-0.1, -0.05) is 31.0 Å². The second kappa shape index (κ2) is 9.39. The number of benzene rings is 2. The number of unbranched alkanes of at least 4 members (excludes halogenated alkanes) is 1. The number of amides is 2. The van der Waals surface area contributed by atoms with E-state index >= 15 is 0 Å². The SMILES string of the molecule is CCCCn1nc(C)c(NC(=O)c2ccc(NC(=O)c3cccc(C)c3)cc2)c1C. The van der Waals surface area contributed by atoms with Crippen LogP contribution in [0.3, 0.4) is 0 Å². The normalized spacial score (nSPS) is 10.7. The molecule has 1 aromatic heterocycles. The molecular formula is C24H28N4O2. The zero-order chi connectivity index (χ0) is 21.7. The lowest BCUT2D eigenvalue weighted by Crippen LogP contribution is -2.14. The minimum atomic E-state index is -0.201. The van der Waals surface area contributed by atoms with E-state index in [4.69, 9.17) is 0 Å². The lowest BCUT2D eigenvalue weighted by molar-refractivity contribution is 0.102. The van der Waals surface area contributed by atoms with E-state index in [0.29, 0.717) is 16.8 Å². The molecule has 0 saturated heterocycles. The van der Waals surface area contributed by atoms with Crippen LogP contribution in [-0.2, 0) is 6.54 Å². The Morgan fingerprint density at radius 2 is 1.63 bits per heavy atom. The number of rotatable bonds is 7. The average Bonchev–Trinajstić information content (AvgIpc) is 3.00. The molecule has 2 amide bonds. The highest BCUT2D eigenvalue weighted by Crippen LogP contribution is 2.21. The van der Waals surface area contributed by atoms with Crippen molar-refractivity contribution in [2.45, 2.75) is 47.1 Å². The van der Waals surface area contributed by atoms with Gasteiger partial charge in [0.1, 0.15) is 0 Å². The van der Waals surface area contributed by atoms with Crippen molar-refractivity contribution in [3.8, 4) is 0 Å². The van der Waals surface area contributed by atoms with Crippen LogP contribution in [0.15, 0.2) is 48.5 Å². The number of nitrogens with zero attached hydrogens (tertiary/aromatic N) is 2. The van der Waals surface area contributed by atoms with Gasteiger partial charge < -0.3 is 10.6 Å². The fourth-order valence-electron chi connectivity index (χ4n) is 3.28. The molecule has 0 aliphatic heterocycles. The van der Waals surface area contributed by atoms with Gasteiger partial charge in [0.15, 0.2) is 0 Å². The van der Waals surface area contributed by atoms with Crippen molar-refractivity contribution in [1.29, 1.82) is 0 Å². The van der Waals surface area contributed by atoms with Crippen molar-refractivity contribution in [3.05, 3.63) is 76.6 Å². The molecule has 30 heavy (non-hydrogen) atoms. The summed E-state index contributed by atoms with van der Waals surface area (Å²) in [5, 5.41) is 10.4. The van der Waals surface area contributed by atoms with Crippen LogP contribution in [0.5, 0.6) is 0 Å². The molecule has 0 saturated carbocycles. The zero-order valence-corrected chi connectivity index (χ0v) is 18.0. The largest absolute Gasteiger partial charge is 0.322 e. The first-order chi connectivity index (χ1) is 14.4. The summed E-state index contributed by atoms with van der Waals surface area (Å²) in [6.45, 7) is 8.79. The van der Waals surface area contributed by atoms with Crippen LogP contribution in [0.1, 0.15) is 57.4 Å². The molecule has 6 nitrogen and oxygen atoms in total. The highest BCUT2D eigenvalue weighted by molar-refractivity contribution is 6.06. The standard InChI is InChI=1S/C24H28N4O2/c1-5-6-14-28-18(4)22(17(3)27-28)26-23(29)19-10-12-21(13-11-19)25-24(30)20-9-7-8-16(2)15-20/h7-13,15H,5-6,14H2,1-4H3,(H,25,30)(H,26,29). The number of hydrogen-bond donors (Lipinski definition) is 2. The maximum Gasteiger partial charge on any atom is 0.255 e. The second-order valence-electron chi connectivity index (χ2n) is 7.48. The van der Waals surface area contributed by atoms with Crippen molar-refractivity contribution >= 4 is 23.2 Å². The first kappa shape index (κ1) is 21.3. The van der Waals surface area contributed by atoms with Crippen LogP contribution in [0.4, 0.5) is 11.4 Å². The van der Waals surface area contributed by atoms with Crippen LogP contribution >= 0.6 is 0 Å². The molecule has 0 spiro atoms. The van der Waals surface area contributed by atoms with E-state index in [1.807, 2.05) is 43.7 Å². The summed E-state index contributed by atoms with van der Waals surface area (Å²) in [4.78, 5) is 25.1. The number of hydrogen-bond acceptors (Lipinski definition) is 3. The third-order valence-corrected chi connectivity index (χ3v) is 5.03. The van der Waals surface area contributed by atoms with Crippen molar-refractivity contribution in [2.75, 3.05) is 10.6 Å². The molecule has 2 aromatic carbocycles. The summed E-state index contributed by atoms with van der Waals surface area (Å²) in [5.74, 6) is -0.380. The molecule has 3 aromatic rings. The summed E-state index contributed by atoms with van der Waals surface area (Å²) in [7, 11) is 0. The maximum absolute atomic E-state index is 12.7. The van der Waals surface area contributed by atoms with Gasteiger partial charge in [0.2, 0.25) is 0 Å². The Balaban J connectivity index is 1.67. The van der Waals surface area contributed by atoms with Gasteiger partial charge in [-0.15, -0.1) is 0 Å². The quantitative estimate of drug-likeness (QED) is 0.574. The molecule has 3 rings (SSSR count). The fourth-order valence-corrected chi connectivity index (χ4v) is 3.28. The van der Waals surface area contributed by atoms with Crippen molar-refractivity contribution < 1.29 is 9.59 Å². The van der Waals surface area contributed by atoms with Gasteiger partial charge in [0.25, 0.3) is 11.8 Å². The van der Waals surface area contributed by atoms with E-state index < -0.39 is 0 Å². The lowest BCUT2D eigenvalue weighted by Gasteiger charge is -2.09. The lowest BCUT2D eigenvalue weighted by atomic mass is 10.1. The summed E-state index contributed by atoms with van der Waals surface area (Å²) >= 11 is 0. The van der Waals surface area contributed by atoms with Crippen LogP contribution in [0.25, 0.3) is 0 Å². The van der Waals surface area contributed by atoms with Gasteiger partial charge in [-0.25, -0.2) is 0 Å². The molecule has 156 valence electrons. The first-order valence-corrected chi connectivity index (χ1v) is 10.2. The highest BCUT2D eigenvalue weighted by atomic mass is 16.2. The molecule has 1 heterocycles. The Morgan fingerprint density at radius 1 is 0.933 bits per heavy atom. The van der Waals surface area contributed by atoms with Crippen LogP contribution in [0, 0.1) is 20.8 Å². The summed E-state index contributed by atoms with van der Waals surface area (Å²) in [6.07, 6.45) is 2.14. The van der Waals surface area contributed by atoms with E-state index in [9.17, 15) is 9.59 Å². The summed E-state index contributed by atoms with van der Waals surface area (Å²) < 4.78 is 1.94. The smallest absolute Gasteiger partial charge is 0.255 e. The Hall–Kier alpha value is -3.41. The molecule has 0 unspecified atom stereocenters. The van der Waals surface area contributed by atoms with Crippen molar-refractivity contribution in [3.63, 3.8) is 0 Å². The molecular weight excluding hydrogens is 376 g/mol. The number of aromatic nitrogens is 2. The third kappa shape index (κ3) is 4.95. The van der Waals surface area contributed by atoms with E-state index in [0.717, 1.165) is 42.0 Å². The summed E-state index contributed by atoms with van der Waals surface area (Å²) in [5.41, 5.74) is 5.30. The molecule has 2 N–H and O–H groups in total. The molecule has 0 radical (unpaired) electrons. The average molecular weight is 405 g/mol. The van der Waals surface area contributed by atoms with E-state index in [2.05, 4.69) is 22.7 Å². The number of nitrogens with one attached hydrogen (secondary N) is 2. The Labute approximate surface area is 177 Å². The monoisotopic (exact) mass is 404 g/mol. The minimum absolute atomic E-state index is 0.179. The number of anilines is 2. The molecule has 0 aliphatic rings. The number of carbonyl (C=O) groups excluding carboxylic acids is 2. The van der Waals surface area contributed by atoms with Crippen LogP contribution in [-0.4, -0.2) is 21.6 Å². The predicted octanol–water partition coefficient (Wildman–Crippen LogP) is 5.11. The van der Waals surface area contributed by atoms with Crippen LogP contribution < -0.4 is 10.6 Å². The van der Waals surface area contributed by atoms with Gasteiger partial charge in [0, 0.05) is 23.4 Å². The van der Waals surface area contributed by atoms with Crippen LogP contribution in [0.2, 0.25) is 0 Å². The van der Waals surface area contributed by atoms with Gasteiger partial charge in [-0.2, -0.15) is 5.10 Å². The zero-order valence-electron chi connectivity index (χ0n) is 18.0. The Morgan fingerprint density at radius 3 is 2.30 bits per heavy atom. The van der Waals surface area contributed by atoms with Crippen molar-refractivity contribution in [1.82, 2.24) is 9.78 Å². The maximum atomic E-state index is 12.7. The van der Waals surface area contributed by atoms with Crippen molar-refractivity contribution in [2.24, 2.45) is 0 Å². The Bertz CT molecular complexity index is 1050. The topological polar surface area (TPSA) is 76.0 Å². The van der Waals surface area contributed by atoms with E-state index in [1.54, 1.807) is 30.3 Å². The number of aryl methyl sites for hydroxylation is 3. The minimum Gasteiger partial charge on any atom is -0.322 e. The Kier molecular flexibility index (Phi) is 6.67. The van der Waals surface area contributed by atoms with E-state index in [1.165, 1.54) is 0 Å². The molecule has 0 fully saturated rings. The second-order valence-corrected chi connectivity index (χ2v) is 7.48. The molecule has 0 atom stereocenters. The van der Waals surface area contributed by atoms with Gasteiger partial charge >= 0.3 is 0 Å². The fraction of sp³-hybridized carbons (Fsp3) is 0.292. The number of carbonyl (C=O) groups is 2. The highest BCUT2D eigenvalue weighted by Gasteiger charge is 2.15. The molecule has 6 heteroatoms. The molecule has 0 aliphatic carbocycles. The summed E-state index contributed by atoms with van der Waals surface area (Å²) in [6, 6.07) is 14.3. The van der Waals surface area contributed by atoms with Gasteiger partial charge in [-0.3, -0.25) is 14.3 Å². The van der Waals surface area contributed by atoms with Gasteiger partial charge in [-0.05, 0) is 63.6 Å². The molecule has 0 bridgehead atoms. The van der Waals surface area contributed by atoms with Gasteiger partial charge in [0.05, 0.1) is 17.1 Å². The van der Waals surface area contributed by atoms with E-state index in [-0.39, 0.29) is 11.8 Å². The first-order valence-electron chi connectivity index (χ1n) is 10.2.